The van der Waals surface area contributed by atoms with Gasteiger partial charge in [0.1, 0.15) is 11.5 Å². The third-order valence-corrected chi connectivity index (χ3v) is 4.04. The van der Waals surface area contributed by atoms with Gasteiger partial charge in [-0.1, -0.05) is 13.8 Å². The van der Waals surface area contributed by atoms with E-state index in [1.807, 2.05) is 0 Å². The Balaban J connectivity index is 3.08. The topological polar surface area (TPSA) is 107 Å². The van der Waals surface area contributed by atoms with Crippen molar-refractivity contribution < 1.29 is 30.3 Å². The molecule has 0 aromatic heterocycles. The van der Waals surface area contributed by atoms with Crippen LogP contribution in [0.2, 0.25) is 0 Å². The highest BCUT2D eigenvalue weighted by Gasteiger charge is 2.27. The minimum atomic E-state index is -3.73. The average Bonchev–Trinajstić information content (AvgIpc) is 2.27. The second-order valence-corrected chi connectivity index (χ2v) is 8.85. The monoisotopic (exact) mass is 352 g/mol. The Bertz CT molecular complexity index is 734. The minimum absolute atomic E-state index is 0.0482. The lowest BCUT2D eigenvalue weighted by Crippen LogP contribution is -2.22. The van der Waals surface area contributed by atoms with Gasteiger partial charge in [0.15, 0.2) is 0 Å². The standard InChI is InChI=1S/C13H20O7S2/c1-13(2,7-8-19-21(3,15)16)11-9-10(14)5-6-12(11)20-22(4,17)18/h5-6,9,14H,7-8H2,1-4H3. The average molecular weight is 352 g/mol. The fraction of sp³-hybridized carbons (Fsp3) is 0.538. The molecule has 9 heteroatoms. The zero-order valence-corrected chi connectivity index (χ0v) is 14.5. The molecule has 0 heterocycles. The molecule has 7 nitrogen and oxygen atoms in total. The Morgan fingerprint density at radius 3 is 2.18 bits per heavy atom. The predicted molar refractivity (Wildman–Crippen MR) is 82.0 cm³/mol. The van der Waals surface area contributed by atoms with Crippen molar-refractivity contribution in [3.05, 3.63) is 23.8 Å². The van der Waals surface area contributed by atoms with E-state index in [1.165, 1.54) is 18.2 Å². The third-order valence-electron chi connectivity index (χ3n) is 2.96. The van der Waals surface area contributed by atoms with Crippen LogP contribution in [0.3, 0.4) is 0 Å². The van der Waals surface area contributed by atoms with Crippen molar-refractivity contribution in [3.63, 3.8) is 0 Å². The van der Waals surface area contributed by atoms with Crippen molar-refractivity contribution in [3.8, 4) is 11.5 Å². The molecule has 126 valence electrons. The van der Waals surface area contributed by atoms with Crippen molar-refractivity contribution in [2.45, 2.75) is 25.7 Å². The van der Waals surface area contributed by atoms with Crippen LogP contribution in [0, 0.1) is 0 Å². The summed E-state index contributed by atoms with van der Waals surface area (Å²) in [5.41, 5.74) is -0.237. The molecule has 0 saturated heterocycles. The summed E-state index contributed by atoms with van der Waals surface area (Å²) in [5.74, 6) is 0.0395. The maximum absolute atomic E-state index is 11.3. The van der Waals surface area contributed by atoms with Gasteiger partial charge in [-0.05, 0) is 30.0 Å². The normalized spacial score (nSPS) is 13.1. The molecule has 1 N–H and O–H groups in total. The van der Waals surface area contributed by atoms with Gasteiger partial charge in [-0.3, -0.25) is 4.18 Å². The van der Waals surface area contributed by atoms with Gasteiger partial charge in [0.05, 0.1) is 19.1 Å². The number of rotatable bonds is 7. The zero-order valence-electron chi connectivity index (χ0n) is 12.9. The zero-order chi connectivity index (χ0) is 17.2. The largest absolute Gasteiger partial charge is 0.508 e. The fourth-order valence-electron chi connectivity index (χ4n) is 1.87. The smallest absolute Gasteiger partial charge is 0.306 e. The number of benzene rings is 1. The lowest BCUT2D eigenvalue weighted by Gasteiger charge is -2.27. The first-order valence-corrected chi connectivity index (χ1v) is 10.0. The SMILES string of the molecule is CC(C)(CCOS(C)(=O)=O)c1cc(O)ccc1OS(C)(=O)=O. The van der Waals surface area contributed by atoms with Crippen LogP contribution in [0.5, 0.6) is 11.5 Å². The van der Waals surface area contributed by atoms with Crippen molar-refractivity contribution in [2.75, 3.05) is 19.1 Å². The molecule has 0 bridgehead atoms. The van der Waals surface area contributed by atoms with Crippen LogP contribution in [-0.4, -0.2) is 41.1 Å². The van der Waals surface area contributed by atoms with Crippen molar-refractivity contribution >= 4 is 20.2 Å². The van der Waals surface area contributed by atoms with E-state index in [1.54, 1.807) is 13.8 Å². The van der Waals surface area contributed by atoms with Gasteiger partial charge in [0, 0.05) is 5.56 Å². The summed E-state index contributed by atoms with van der Waals surface area (Å²) in [7, 11) is -7.28. The number of phenols is 1. The maximum atomic E-state index is 11.3. The van der Waals surface area contributed by atoms with Gasteiger partial charge in [-0.15, -0.1) is 0 Å². The highest BCUT2D eigenvalue weighted by molar-refractivity contribution is 7.86. The van der Waals surface area contributed by atoms with Crippen LogP contribution < -0.4 is 4.18 Å². The molecule has 1 rings (SSSR count). The predicted octanol–water partition coefficient (Wildman–Crippen LogP) is 1.37. The summed E-state index contributed by atoms with van der Waals surface area (Å²) in [5, 5.41) is 9.62. The number of hydrogen-bond acceptors (Lipinski definition) is 7. The second-order valence-electron chi connectivity index (χ2n) is 5.63. The molecule has 22 heavy (non-hydrogen) atoms. The Labute approximate surface area is 131 Å². The van der Waals surface area contributed by atoms with E-state index in [2.05, 4.69) is 0 Å². The van der Waals surface area contributed by atoms with E-state index in [9.17, 15) is 21.9 Å². The highest BCUT2D eigenvalue weighted by atomic mass is 32.2. The third kappa shape index (κ3) is 6.20. The lowest BCUT2D eigenvalue weighted by molar-refractivity contribution is 0.277. The van der Waals surface area contributed by atoms with E-state index < -0.39 is 25.7 Å². The Morgan fingerprint density at radius 1 is 1.09 bits per heavy atom. The summed E-state index contributed by atoms with van der Waals surface area (Å²) in [6.45, 7) is 3.46. The summed E-state index contributed by atoms with van der Waals surface area (Å²) in [6, 6.07) is 4.05. The molecule has 0 saturated carbocycles. The molecule has 0 amide bonds. The Morgan fingerprint density at radius 2 is 1.68 bits per heavy atom. The summed E-state index contributed by atoms with van der Waals surface area (Å²) in [4.78, 5) is 0. The molecule has 0 spiro atoms. The molecule has 0 atom stereocenters. The van der Waals surface area contributed by atoms with Crippen molar-refractivity contribution in [2.24, 2.45) is 0 Å². The fourth-order valence-corrected chi connectivity index (χ4v) is 2.72. The maximum Gasteiger partial charge on any atom is 0.306 e. The van der Waals surface area contributed by atoms with Gasteiger partial charge in [0.25, 0.3) is 10.1 Å². The molecular weight excluding hydrogens is 332 g/mol. The van der Waals surface area contributed by atoms with E-state index in [0.717, 1.165) is 12.5 Å². The molecule has 0 aliphatic heterocycles. The lowest BCUT2D eigenvalue weighted by atomic mass is 9.81. The van der Waals surface area contributed by atoms with Gasteiger partial charge in [-0.2, -0.15) is 16.8 Å². The molecule has 0 fully saturated rings. The Hall–Kier alpha value is -1.32. The van der Waals surface area contributed by atoms with Crippen LogP contribution in [0.1, 0.15) is 25.8 Å². The number of phenolic OH excluding ortho intramolecular Hbond substituents is 1. The van der Waals surface area contributed by atoms with Crippen molar-refractivity contribution in [1.82, 2.24) is 0 Å². The first-order chi connectivity index (χ1) is 9.80. The molecule has 0 aliphatic rings. The van der Waals surface area contributed by atoms with Crippen LogP contribution in [0.15, 0.2) is 18.2 Å². The van der Waals surface area contributed by atoms with E-state index >= 15 is 0 Å². The van der Waals surface area contributed by atoms with Crippen LogP contribution >= 0.6 is 0 Å². The molecule has 1 aromatic carbocycles. The molecule has 0 aliphatic carbocycles. The van der Waals surface area contributed by atoms with Crippen molar-refractivity contribution in [1.29, 1.82) is 0 Å². The van der Waals surface area contributed by atoms with Crippen LogP contribution in [0.25, 0.3) is 0 Å². The van der Waals surface area contributed by atoms with E-state index in [4.69, 9.17) is 8.37 Å². The first-order valence-electron chi connectivity index (χ1n) is 6.37. The number of hydrogen-bond donors (Lipinski definition) is 1. The molecular formula is C13H20O7S2. The molecule has 1 aromatic rings. The Kier molecular flexibility index (Phi) is 5.47. The second kappa shape index (κ2) is 6.43. The summed E-state index contributed by atoms with van der Waals surface area (Å²) < 4.78 is 54.3. The molecule has 0 radical (unpaired) electrons. The van der Waals surface area contributed by atoms with Crippen LogP contribution in [0.4, 0.5) is 0 Å². The highest BCUT2D eigenvalue weighted by Crippen LogP contribution is 2.37. The summed E-state index contributed by atoms with van der Waals surface area (Å²) >= 11 is 0. The van der Waals surface area contributed by atoms with Gasteiger partial charge < -0.3 is 9.29 Å². The first kappa shape index (κ1) is 18.7. The molecule has 0 unspecified atom stereocenters. The summed E-state index contributed by atoms with van der Waals surface area (Å²) in [6.07, 6.45) is 2.15. The van der Waals surface area contributed by atoms with E-state index in [-0.39, 0.29) is 24.5 Å². The quantitative estimate of drug-likeness (QED) is 0.739. The minimum Gasteiger partial charge on any atom is -0.508 e. The van der Waals surface area contributed by atoms with Crippen LogP contribution in [-0.2, 0) is 29.8 Å². The number of aromatic hydroxyl groups is 1. The van der Waals surface area contributed by atoms with Gasteiger partial charge in [0.2, 0.25) is 0 Å². The van der Waals surface area contributed by atoms with E-state index in [0.29, 0.717) is 5.56 Å². The van der Waals surface area contributed by atoms with Gasteiger partial charge in [-0.25, -0.2) is 0 Å². The van der Waals surface area contributed by atoms with Gasteiger partial charge >= 0.3 is 10.1 Å².